The Balaban J connectivity index is 0.000000223. The molecular weight excluding hydrogens is 521 g/mol. The smallest absolute Gasteiger partial charge is 0.159 e. The lowest BCUT2D eigenvalue weighted by molar-refractivity contribution is -0.107. The fraction of sp³-hybridized carbons (Fsp3) is 0.257. The number of hydrogen-bond donors (Lipinski definition) is 2. The summed E-state index contributed by atoms with van der Waals surface area (Å²) in [5, 5.41) is 20.2. The number of fused-ring (bicyclic) bond motifs is 3. The minimum Gasteiger partial charge on any atom is -0.456 e. The lowest BCUT2D eigenvalue weighted by atomic mass is 9.90. The molecule has 0 spiro atoms. The maximum Gasteiger partial charge on any atom is 0.159 e. The van der Waals surface area contributed by atoms with E-state index < -0.39 is 11.2 Å². The summed E-state index contributed by atoms with van der Waals surface area (Å²) < 4.78 is 6.00. The van der Waals surface area contributed by atoms with Crippen LogP contribution < -0.4 is 5.46 Å². The highest BCUT2D eigenvalue weighted by Gasteiger charge is 2.32. The average Bonchev–Trinajstić information content (AvgIpc) is 3.32. The van der Waals surface area contributed by atoms with Gasteiger partial charge in [-0.05, 0) is 46.8 Å². The Bertz CT molecular complexity index is 1680. The Labute approximate surface area is 249 Å². The number of aliphatic hydroxyl groups is 2. The van der Waals surface area contributed by atoms with Gasteiger partial charge in [0.1, 0.15) is 31.5 Å². The predicted molar refractivity (Wildman–Crippen MR) is 175 cm³/mol. The minimum absolute atomic E-state index is 0.553. The molecule has 0 amide bonds. The third kappa shape index (κ3) is 7.35. The number of benzene rings is 4. The molecule has 1 aliphatic heterocycles. The molecule has 1 aromatic heterocycles. The Morgan fingerprint density at radius 1 is 0.786 bits per heavy atom. The molecule has 4 aromatic carbocycles. The van der Waals surface area contributed by atoms with E-state index >= 15 is 0 Å². The monoisotopic (exact) mass is 559 g/mol. The molecule has 0 atom stereocenters. The molecule has 0 fully saturated rings. The zero-order valence-corrected chi connectivity index (χ0v) is 25.2. The van der Waals surface area contributed by atoms with Gasteiger partial charge in [-0.1, -0.05) is 96.0 Å². The van der Waals surface area contributed by atoms with E-state index in [1.807, 2.05) is 84.7 Å². The van der Waals surface area contributed by atoms with E-state index in [4.69, 9.17) is 32.5 Å². The molecule has 2 heterocycles. The van der Waals surface area contributed by atoms with Crippen LogP contribution in [0.25, 0.3) is 21.9 Å². The molecule has 214 valence electrons. The summed E-state index contributed by atoms with van der Waals surface area (Å²) in [5.74, 6) is 1.62. The normalized spacial score (nSPS) is 13.5. The molecule has 5 aromatic rings. The molecule has 0 aliphatic carbocycles. The second-order valence-electron chi connectivity index (χ2n) is 11.4. The summed E-state index contributed by atoms with van der Waals surface area (Å²) in [6.07, 6.45) is 0. The number of furan rings is 1. The van der Waals surface area contributed by atoms with E-state index in [-0.39, 0.29) is 0 Å². The van der Waals surface area contributed by atoms with Gasteiger partial charge in [-0.25, -0.2) is 9.98 Å². The molecule has 2 N–H and O–H groups in total. The number of nitrogens with zero attached hydrogens (tertiary/aromatic N) is 3. The maximum atomic E-state index is 9.10. The fourth-order valence-electron chi connectivity index (χ4n) is 4.04. The first kappa shape index (κ1) is 30.8. The third-order valence-electron chi connectivity index (χ3n) is 7.24. The van der Waals surface area contributed by atoms with Crippen LogP contribution in [0.4, 0.5) is 0 Å². The van der Waals surface area contributed by atoms with Gasteiger partial charge in [-0.3, -0.25) is 0 Å². The predicted octanol–water partition coefficient (Wildman–Crippen LogP) is 6.00. The van der Waals surface area contributed by atoms with E-state index in [0.717, 1.165) is 38.9 Å². The molecule has 0 bridgehead atoms. The summed E-state index contributed by atoms with van der Waals surface area (Å²) in [6.45, 7) is 8.94. The molecule has 42 heavy (non-hydrogen) atoms. The standard InChI is InChI=1S/C22H16BN3O.C7H8.C6H14O2/c1-26-13-24-21(25-22(26)14-6-3-2-4-7-14)16-8-5-9-19-20(16)17-12-15(23)10-11-18(17)27-19;1-7-5-3-2-4-6-7;1-5(2,7)6(3,4)8/h2-12H,13H2,1H3;2-6H,1H3;7-8H,1-4H3. The van der Waals surface area contributed by atoms with Crippen molar-refractivity contribution < 1.29 is 14.6 Å². The number of hydrogen-bond acceptors (Lipinski definition) is 6. The minimum atomic E-state index is -1.01. The van der Waals surface area contributed by atoms with E-state index in [1.165, 1.54) is 5.56 Å². The molecule has 7 heteroatoms. The van der Waals surface area contributed by atoms with Crippen molar-refractivity contribution in [2.75, 3.05) is 13.7 Å². The summed E-state index contributed by atoms with van der Waals surface area (Å²) in [7, 11) is 8.01. The van der Waals surface area contributed by atoms with Gasteiger partial charge < -0.3 is 19.5 Å². The Morgan fingerprint density at radius 3 is 1.98 bits per heavy atom. The summed E-state index contributed by atoms with van der Waals surface area (Å²) >= 11 is 0. The second kappa shape index (κ2) is 12.8. The highest BCUT2D eigenvalue weighted by molar-refractivity contribution is 6.34. The number of amidine groups is 2. The van der Waals surface area contributed by atoms with Gasteiger partial charge in [-0.2, -0.15) is 0 Å². The van der Waals surface area contributed by atoms with Crippen molar-refractivity contribution in [3.8, 4) is 0 Å². The van der Waals surface area contributed by atoms with Gasteiger partial charge in [-0.15, -0.1) is 0 Å². The van der Waals surface area contributed by atoms with Crippen molar-refractivity contribution in [1.29, 1.82) is 0 Å². The van der Waals surface area contributed by atoms with Crippen molar-refractivity contribution in [1.82, 2.24) is 4.90 Å². The molecule has 6 rings (SSSR count). The first-order valence-electron chi connectivity index (χ1n) is 13.9. The lowest BCUT2D eigenvalue weighted by Gasteiger charge is -2.31. The van der Waals surface area contributed by atoms with Gasteiger partial charge in [0.25, 0.3) is 0 Å². The van der Waals surface area contributed by atoms with E-state index in [2.05, 4.69) is 31.2 Å². The highest BCUT2D eigenvalue weighted by atomic mass is 16.3. The van der Waals surface area contributed by atoms with Crippen LogP contribution in [0.2, 0.25) is 0 Å². The molecule has 6 nitrogen and oxygen atoms in total. The van der Waals surface area contributed by atoms with Crippen molar-refractivity contribution in [2.24, 2.45) is 9.98 Å². The van der Waals surface area contributed by atoms with Crippen molar-refractivity contribution in [2.45, 2.75) is 45.8 Å². The van der Waals surface area contributed by atoms with Gasteiger partial charge in [0.2, 0.25) is 0 Å². The van der Waals surface area contributed by atoms with Crippen molar-refractivity contribution >= 4 is 46.9 Å². The van der Waals surface area contributed by atoms with Crippen LogP contribution in [0.3, 0.4) is 0 Å². The zero-order valence-electron chi connectivity index (χ0n) is 25.2. The lowest BCUT2D eigenvalue weighted by Crippen LogP contribution is -2.44. The second-order valence-corrected chi connectivity index (χ2v) is 11.4. The van der Waals surface area contributed by atoms with Crippen LogP contribution in [0.5, 0.6) is 0 Å². The summed E-state index contributed by atoms with van der Waals surface area (Å²) in [6, 6.07) is 32.1. The van der Waals surface area contributed by atoms with Gasteiger partial charge in [0.05, 0.1) is 11.2 Å². The molecule has 0 saturated carbocycles. The number of aryl methyl sites for hydroxylation is 1. The SMILES string of the molecule is CC(C)(O)C(C)(C)O.Cc1ccccc1.[B]c1ccc2oc3cccc(C4=NCN(C)C(c5ccccc5)=N4)c3c2c1. The van der Waals surface area contributed by atoms with Crippen LogP contribution in [-0.2, 0) is 0 Å². The largest absolute Gasteiger partial charge is 0.456 e. The Kier molecular flexibility index (Phi) is 9.35. The average molecular weight is 560 g/mol. The first-order chi connectivity index (χ1) is 19.8. The highest BCUT2D eigenvalue weighted by Crippen LogP contribution is 2.32. The van der Waals surface area contributed by atoms with Gasteiger partial charge in [0, 0.05) is 28.9 Å². The zero-order chi connectivity index (χ0) is 30.5. The quantitative estimate of drug-likeness (QED) is 0.266. The van der Waals surface area contributed by atoms with Crippen molar-refractivity contribution in [3.63, 3.8) is 0 Å². The maximum absolute atomic E-state index is 9.10. The molecule has 1 aliphatic rings. The van der Waals surface area contributed by atoms with Crippen molar-refractivity contribution in [3.05, 3.63) is 114 Å². The molecule has 2 radical (unpaired) electrons. The Hall–Kier alpha value is -4.20. The summed E-state index contributed by atoms with van der Waals surface area (Å²) in [5.41, 5.74) is 3.67. The number of aliphatic imine (C=N–C) groups is 2. The first-order valence-corrected chi connectivity index (χ1v) is 13.9. The topological polar surface area (TPSA) is 81.6 Å². The summed E-state index contributed by atoms with van der Waals surface area (Å²) in [4.78, 5) is 11.6. The van der Waals surface area contributed by atoms with Crippen LogP contribution in [-0.4, -0.2) is 59.5 Å². The van der Waals surface area contributed by atoms with E-state index in [9.17, 15) is 0 Å². The van der Waals surface area contributed by atoms with Crippen LogP contribution in [0, 0.1) is 6.92 Å². The molecule has 0 unspecified atom stereocenters. The van der Waals surface area contributed by atoms with E-state index in [0.29, 0.717) is 18.0 Å². The van der Waals surface area contributed by atoms with Crippen LogP contribution >= 0.6 is 0 Å². The van der Waals surface area contributed by atoms with E-state index in [1.54, 1.807) is 27.7 Å². The van der Waals surface area contributed by atoms with Gasteiger partial charge in [0.15, 0.2) is 5.84 Å². The third-order valence-corrected chi connectivity index (χ3v) is 7.24. The Morgan fingerprint density at radius 2 is 1.40 bits per heavy atom. The number of rotatable bonds is 3. The van der Waals surface area contributed by atoms with Gasteiger partial charge >= 0.3 is 0 Å². The molecule has 0 saturated heterocycles. The fourth-order valence-corrected chi connectivity index (χ4v) is 4.04. The van der Waals surface area contributed by atoms with Crippen LogP contribution in [0.1, 0.15) is 44.4 Å². The molecular formula is C35H38BN3O3. The van der Waals surface area contributed by atoms with Crippen LogP contribution in [0.15, 0.2) is 111 Å².